The molecule has 0 saturated carbocycles. The molecule has 1 fully saturated rings. The van der Waals surface area contributed by atoms with Crippen LogP contribution >= 0.6 is 0 Å². The van der Waals surface area contributed by atoms with Gasteiger partial charge in [-0.3, -0.25) is 4.79 Å². The lowest BCUT2D eigenvalue weighted by atomic mass is 10.1. The number of hydrogen-bond donors (Lipinski definition) is 0. The number of amides is 1. The number of carbonyl (C=O) groups excluding carboxylic acids is 1. The van der Waals surface area contributed by atoms with Crippen LogP contribution in [0.3, 0.4) is 0 Å². The van der Waals surface area contributed by atoms with Gasteiger partial charge in [-0.05, 0) is 25.6 Å². The fourth-order valence-corrected chi connectivity index (χ4v) is 2.91. The van der Waals surface area contributed by atoms with E-state index >= 15 is 0 Å². The van der Waals surface area contributed by atoms with Crippen LogP contribution in [0.1, 0.15) is 17.4 Å². The summed E-state index contributed by atoms with van der Waals surface area (Å²) in [7, 11) is 2.10. The maximum Gasteiger partial charge on any atom is 0.270 e. The van der Waals surface area contributed by atoms with Crippen LogP contribution in [0, 0.1) is 0 Å². The molecule has 1 aromatic carbocycles. The van der Waals surface area contributed by atoms with Gasteiger partial charge in [0.05, 0.1) is 0 Å². The van der Waals surface area contributed by atoms with Crippen molar-refractivity contribution in [1.29, 1.82) is 0 Å². The molecule has 0 aliphatic carbocycles. The number of carbonyl (C=O) groups is 1. The van der Waals surface area contributed by atoms with Gasteiger partial charge in [-0.25, -0.2) is 0 Å². The fraction of sp³-hybridized carbons (Fsp3) is 0.389. The Morgan fingerprint density at radius 3 is 2.36 bits per heavy atom. The van der Waals surface area contributed by atoms with Crippen molar-refractivity contribution in [1.82, 2.24) is 14.4 Å². The predicted octanol–water partition coefficient (Wildman–Crippen LogP) is 2.56. The molecule has 0 unspecified atom stereocenters. The van der Waals surface area contributed by atoms with E-state index in [1.165, 1.54) is 0 Å². The van der Waals surface area contributed by atoms with E-state index < -0.39 is 0 Å². The van der Waals surface area contributed by atoms with Crippen LogP contribution in [-0.4, -0.2) is 53.5 Å². The number of rotatable bonds is 3. The second-order valence-electron chi connectivity index (χ2n) is 5.86. The summed E-state index contributed by atoms with van der Waals surface area (Å²) in [5.41, 5.74) is 3.06. The van der Waals surface area contributed by atoms with E-state index in [4.69, 9.17) is 0 Å². The van der Waals surface area contributed by atoms with E-state index in [2.05, 4.69) is 41.8 Å². The van der Waals surface area contributed by atoms with Crippen molar-refractivity contribution >= 4 is 5.91 Å². The maximum atomic E-state index is 12.8. The molecule has 1 aliphatic rings. The third-order valence-corrected chi connectivity index (χ3v) is 4.35. The average molecular weight is 297 g/mol. The molecular formula is C18H23N3O. The van der Waals surface area contributed by atoms with Gasteiger partial charge in [0.25, 0.3) is 5.91 Å². The molecule has 0 N–H and O–H groups in total. The smallest absolute Gasteiger partial charge is 0.270 e. The van der Waals surface area contributed by atoms with Crippen molar-refractivity contribution in [3.05, 3.63) is 48.3 Å². The molecule has 0 atom stereocenters. The summed E-state index contributed by atoms with van der Waals surface area (Å²) >= 11 is 0. The monoisotopic (exact) mass is 297 g/mol. The van der Waals surface area contributed by atoms with Gasteiger partial charge < -0.3 is 14.4 Å². The lowest BCUT2D eigenvalue weighted by Gasteiger charge is -2.32. The zero-order chi connectivity index (χ0) is 15.5. The van der Waals surface area contributed by atoms with Crippen molar-refractivity contribution in [2.75, 3.05) is 33.2 Å². The standard InChI is InChI=1S/C18H23N3O/c1-3-20-14-16(15-7-5-4-6-8-15)13-17(20)18(22)21-11-9-19(2)10-12-21/h4-8,13-14H,3,9-12H2,1-2H3. The van der Waals surface area contributed by atoms with Crippen molar-refractivity contribution in [3.63, 3.8) is 0 Å². The van der Waals surface area contributed by atoms with Crippen LogP contribution in [0.15, 0.2) is 42.6 Å². The van der Waals surface area contributed by atoms with Crippen LogP contribution in [0.5, 0.6) is 0 Å². The fourth-order valence-electron chi connectivity index (χ4n) is 2.91. The summed E-state index contributed by atoms with van der Waals surface area (Å²) in [6.45, 7) is 6.40. The first kappa shape index (κ1) is 14.9. The van der Waals surface area contributed by atoms with Crippen molar-refractivity contribution in [3.8, 4) is 11.1 Å². The molecule has 1 aliphatic heterocycles. The number of likely N-dealkylation sites (N-methyl/N-ethyl adjacent to an activating group) is 1. The van der Waals surface area contributed by atoms with Crippen molar-refractivity contribution < 1.29 is 4.79 Å². The van der Waals surface area contributed by atoms with Crippen LogP contribution in [0.2, 0.25) is 0 Å². The van der Waals surface area contributed by atoms with E-state index in [0.717, 1.165) is 49.5 Å². The summed E-state index contributed by atoms with van der Waals surface area (Å²) in [4.78, 5) is 17.0. The molecule has 22 heavy (non-hydrogen) atoms. The summed E-state index contributed by atoms with van der Waals surface area (Å²) in [5, 5.41) is 0. The van der Waals surface area contributed by atoms with Gasteiger partial charge in [0.2, 0.25) is 0 Å². The minimum absolute atomic E-state index is 0.150. The molecule has 1 aromatic heterocycles. The first-order valence-corrected chi connectivity index (χ1v) is 7.92. The van der Waals surface area contributed by atoms with Gasteiger partial charge in [0, 0.05) is 44.5 Å². The lowest BCUT2D eigenvalue weighted by Crippen LogP contribution is -2.47. The second kappa shape index (κ2) is 6.36. The minimum Gasteiger partial charge on any atom is -0.343 e. The summed E-state index contributed by atoms with van der Waals surface area (Å²) in [5.74, 6) is 0.150. The Morgan fingerprint density at radius 2 is 1.73 bits per heavy atom. The largest absolute Gasteiger partial charge is 0.343 e. The number of benzene rings is 1. The number of aryl methyl sites for hydroxylation is 1. The molecule has 0 radical (unpaired) electrons. The van der Waals surface area contributed by atoms with Crippen molar-refractivity contribution in [2.24, 2.45) is 0 Å². The molecule has 4 nitrogen and oxygen atoms in total. The molecule has 1 saturated heterocycles. The SMILES string of the molecule is CCn1cc(-c2ccccc2)cc1C(=O)N1CCN(C)CC1. The number of nitrogens with zero attached hydrogens (tertiary/aromatic N) is 3. The molecule has 0 spiro atoms. The highest BCUT2D eigenvalue weighted by Gasteiger charge is 2.23. The first-order valence-electron chi connectivity index (χ1n) is 7.92. The van der Waals surface area contributed by atoms with Gasteiger partial charge in [-0.15, -0.1) is 0 Å². The molecule has 2 aromatic rings. The Balaban J connectivity index is 1.87. The summed E-state index contributed by atoms with van der Waals surface area (Å²) in [6.07, 6.45) is 2.08. The van der Waals surface area contributed by atoms with Gasteiger partial charge in [-0.1, -0.05) is 30.3 Å². The normalized spacial score (nSPS) is 16.0. The topological polar surface area (TPSA) is 28.5 Å². The Morgan fingerprint density at radius 1 is 1.05 bits per heavy atom. The molecule has 0 bridgehead atoms. The van der Waals surface area contributed by atoms with Crippen LogP contribution in [-0.2, 0) is 6.54 Å². The van der Waals surface area contributed by atoms with Gasteiger partial charge in [0.1, 0.15) is 5.69 Å². The quantitative estimate of drug-likeness (QED) is 0.871. The number of aromatic nitrogens is 1. The van der Waals surface area contributed by atoms with Crippen LogP contribution < -0.4 is 0 Å². The maximum absolute atomic E-state index is 12.8. The Bertz CT molecular complexity index is 640. The third-order valence-electron chi connectivity index (χ3n) is 4.35. The zero-order valence-corrected chi connectivity index (χ0v) is 13.3. The van der Waals surface area contributed by atoms with Crippen LogP contribution in [0.25, 0.3) is 11.1 Å². The van der Waals surface area contributed by atoms with E-state index in [0.29, 0.717) is 0 Å². The molecule has 2 heterocycles. The van der Waals surface area contributed by atoms with Gasteiger partial charge in [0.15, 0.2) is 0 Å². The zero-order valence-electron chi connectivity index (χ0n) is 13.3. The molecule has 116 valence electrons. The molecule has 4 heteroatoms. The molecular weight excluding hydrogens is 274 g/mol. The molecule has 1 amide bonds. The summed E-state index contributed by atoms with van der Waals surface area (Å²) in [6, 6.07) is 12.3. The van der Waals surface area contributed by atoms with E-state index in [9.17, 15) is 4.79 Å². The predicted molar refractivity (Wildman–Crippen MR) is 88.9 cm³/mol. The lowest BCUT2D eigenvalue weighted by molar-refractivity contribution is 0.0653. The Kier molecular flexibility index (Phi) is 4.29. The highest BCUT2D eigenvalue weighted by atomic mass is 16.2. The van der Waals surface area contributed by atoms with Crippen LogP contribution in [0.4, 0.5) is 0 Å². The van der Waals surface area contributed by atoms with Gasteiger partial charge >= 0.3 is 0 Å². The van der Waals surface area contributed by atoms with Crippen molar-refractivity contribution in [2.45, 2.75) is 13.5 Å². The highest BCUT2D eigenvalue weighted by molar-refractivity contribution is 5.94. The van der Waals surface area contributed by atoms with E-state index in [1.807, 2.05) is 29.2 Å². The Hall–Kier alpha value is -2.07. The van der Waals surface area contributed by atoms with E-state index in [1.54, 1.807) is 0 Å². The molecule has 3 rings (SSSR count). The van der Waals surface area contributed by atoms with Gasteiger partial charge in [-0.2, -0.15) is 0 Å². The first-order chi connectivity index (χ1) is 10.7. The average Bonchev–Trinajstić information content (AvgIpc) is 3.00. The minimum atomic E-state index is 0.150. The number of piperazine rings is 1. The second-order valence-corrected chi connectivity index (χ2v) is 5.86. The third kappa shape index (κ3) is 2.92. The number of hydrogen-bond acceptors (Lipinski definition) is 2. The Labute approximate surface area is 132 Å². The van der Waals surface area contributed by atoms with E-state index in [-0.39, 0.29) is 5.91 Å². The highest BCUT2D eigenvalue weighted by Crippen LogP contribution is 2.23. The summed E-state index contributed by atoms with van der Waals surface area (Å²) < 4.78 is 2.06.